The molecule has 1 saturated heterocycles. The largest absolute Gasteiger partial charge is 0.350 e. The Morgan fingerprint density at radius 1 is 1.03 bits per heavy atom. The minimum atomic E-state index is -0.0870. The van der Waals surface area contributed by atoms with Crippen LogP contribution in [0.3, 0.4) is 0 Å². The second kappa shape index (κ2) is 8.59. The second-order valence-electron chi connectivity index (χ2n) is 6.76. The molecule has 1 N–H and O–H groups in total. The summed E-state index contributed by atoms with van der Waals surface area (Å²) in [5, 5.41) is 3.18. The van der Waals surface area contributed by atoms with Crippen LogP contribution in [0.2, 0.25) is 0 Å². The van der Waals surface area contributed by atoms with Crippen LogP contribution in [0.5, 0.6) is 0 Å². The molecule has 1 aliphatic rings. The van der Waals surface area contributed by atoms with Gasteiger partial charge < -0.3 is 15.1 Å². The molecule has 3 aromatic rings. The van der Waals surface area contributed by atoms with Gasteiger partial charge in [-0.1, -0.05) is 0 Å². The van der Waals surface area contributed by atoms with E-state index in [1.165, 1.54) is 0 Å². The molecule has 3 aromatic heterocycles. The van der Waals surface area contributed by atoms with Crippen molar-refractivity contribution in [2.75, 3.05) is 36.4 Å². The first-order chi connectivity index (χ1) is 14.2. The first-order valence-corrected chi connectivity index (χ1v) is 9.49. The molecular weight excluding hydrogens is 368 g/mol. The van der Waals surface area contributed by atoms with E-state index in [0.717, 1.165) is 11.3 Å². The Balaban J connectivity index is 1.40. The maximum Gasteiger partial charge on any atom is 0.272 e. The molecule has 1 aliphatic heterocycles. The molecule has 29 heavy (non-hydrogen) atoms. The van der Waals surface area contributed by atoms with Crippen molar-refractivity contribution in [1.82, 2.24) is 29.8 Å². The molecule has 0 atom stereocenters. The summed E-state index contributed by atoms with van der Waals surface area (Å²) in [6.45, 7) is 5.00. The van der Waals surface area contributed by atoms with Gasteiger partial charge in [-0.25, -0.2) is 19.9 Å². The Hall–Kier alpha value is -3.62. The molecule has 4 rings (SSSR count). The van der Waals surface area contributed by atoms with Crippen molar-refractivity contribution in [3.8, 4) is 0 Å². The van der Waals surface area contributed by atoms with E-state index in [4.69, 9.17) is 0 Å². The average Bonchev–Trinajstić information content (AvgIpc) is 2.78. The molecule has 148 valence electrons. The number of anilines is 2. The van der Waals surface area contributed by atoms with E-state index < -0.39 is 0 Å². The van der Waals surface area contributed by atoms with Crippen LogP contribution in [0.15, 0.2) is 49.1 Å². The Morgan fingerprint density at radius 2 is 1.76 bits per heavy atom. The van der Waals surface area contributed by atoms with Gasteiger partial charge in [0.15, 0.2) is 0 Å². The number of hydrogen-bond acceptors (Lipinski definition) is 8. The summed E-state index contributed by atoms with van der Waals surface area (Å²) in [7, 11) is 0. The zero-order valence-electron chi connectivity index (χ0n) is 16.2. The van der Waals surface area contributed by atoms with Crippen LogP contribution in [-0.4, -0.2) is 61.9 Å². The Kier molecular flexibility index (Phi) is 5.55. The summed E-state index contributed by atoms with van der Waals surface area (Å²) in [5.41, 5.74) is 2.22. The van der Waals surface area contributed by atoms with E-state index in [0.29, 0.717) is 50.3 Å². The van der Waals surface area contributed by atoms with Gasteiger partial charge in [-0.05, 0) is 36.8 Å². The van der Waals surface area contributed by atoms with E-state index in [9.17, 15) is 4.79 Å². The highest BCUT2D eigenvalue weighted by atomic mass is 16.2. The summed E-state index contributed by atoms with van der Waals surface area (Å²) in [5.74, 6) is 1.05. The zero-order valence-corrected chi connectivity index (χ0v) is 16.2. The van der Waals surface area contributed by atoms with Crippen LogP contribution in [0.4, 0.5) is 11.9 Å². The molecule has 0 aliphatic carbocycles. The fourth-order valence-corrected chi connectivity index (χ4v) is 3.16. The first kappa shape index (κ1) is 18.7. The number of piperazine rings is 1. The minimum absolute atomic E-state index is 0.0870. The predicted molar refractivity (Wildman–Crippen MR) is 108 cm³/mol. The van der Waals surface area contributed by atoms with Gasteiger partial charge in [0.05, 0.1) is 0 Å². The van der Waals surface area contributed by atoms with Gasteiger partial charge >= 0.3 is 0 Å². The third kappa shape index (κ3) is 4.63. The molecule has 9 nitrogen and oxygen atoms in total. The summed E-state index contributed by atoms with van der Waals surface area (Å²) >= 11 is 0. The first-order valence-electron chi connectivity index (χ1n) is 9.49. The third-order valence-corrected chi connectivity index (χ3v) is 4.68. The smallest absolute Gasteiger partial charge is 0.272 e. The number of hydrogen-bond donors (Lipinski definition) is 1. The van der Waals surface area contributed by atoms with Gasteiger partial charge in [-0.15, -0.1) is 0 Å². The average molecular weight is 390 g/mol. The normalized spacial score (nSPS) is 14.0. The number of amides is 1. The van der Waals surface area contributed by atoms with Gasteiger partial charge in [0.1, 0.15) is 5.69 Å². The van der Waals surface area contributed by atoms with E-state index in [-0.39, 0.29) is 5.91 Å². The topological polar surface area (TPSA) is 100 Å². The summed E-state index contributed by atoms with van der Waals surface area (Å²) < 4.78 is 0. The fraction of sp³-hybridized carbons (Fsp3) is 0.300. The van der Waals surface area contributed by atoms with Gasteiger partial charge in [0, 0.05) is 63.2 Å². The lowest BCUT2D eigenvalue weighted by Gasteiger charge is -2.34. The fourth-order valence-electron chi connectivity index (χ4n) is 3.16. The van der Waals surface area contributed by atoms with Crippen LogP contribution in [0.25, 0.3) is 0 Å². The molecule has 9 heteroatoms. The van der Waals surface area contributed by atoms with Crippen LogP contribution >= 0.6 is 0 Å². The van der Waals surface area contributed by atoms with Crippen LogP contribution in [0.1, 0.15) is 21.7 Å². The number of carbonyl (C=O) groups excluding carboxylic acids is 1. The molecule has 0 radical (unpaired) electrons. The lowest BCUT2D eigenvalue weighted by Crippen LogP contribution is -2.49. The lowest BCUT2D eigenvalue weighted by molar-refractivity contribution is 0.0740. The van der Waals surface area contributed by atoms with E-state index in [1.54, 1.807) is 36.9 Å². The molecule has 0 spiro atoms. The number of nitrogens with zero attached hydrogens (tertiary/aromatic N) is 7. The molecule has 4 heterocycles. The quantitative estimate of drug-likeness (QED) is 0.700. The van der Waals surface area contributed by atoms with Gasteiger partial charge in [-0.2, -0.15) is 0 Å². The molecule has 1 fully saturated rings. The monoisotopic (exact) mass is 390 g/mol. The van der Waals surface area contributed by atoms with Crippen molar-refractivity contribution in [3.63, 3.8) is 0 Å². The maximum absolute atomic E-state index is 13.0. The molecular formula is C20H22N8O. The second-order valence-corrected chi connectivity index (χ2v) is 6.76. The molecule has 0 aromatic carbocycles. The Labute approximate surface area is 168 Å². The highest BCUT2D eigenvalue weighted by Crippen LogP contribution is 2.14. The van der Waals surface area contributed by atoms with Crippen molar-refractivity contribution in [3.05, 3.63) is 66.0 Å². The van der Waals surface area contributed by atoms with Crippen molar-refractivity contribution in [1.29, 1.82) is 0 Å². The zero-order chi connectivity index (χ0) is 20.1. The van der Waals surface area contributed by atoms with Crippen molar-refractivity contribution < 1.29 is 4.79 Å². The number of carbonyl (C=O) groups is 1. The van der Waals surface area contributed by atoms with E-state index in [1.807, 2.05) is 24.0 Å². The SMILES string of the molecule is Cc1cc(C(=O)N2CCN(c3ncccn3)CC2)nc(NCc2ccncc2)n1. The van der Waals surface area contributed by atoms with Crippen molar-refractivity contribution in [2.45, 2.75) is 13.5 Å². The summed E-state index contributed by atoms with van der Waals surface area (Å²) in [6.07, 6.45) is 6.93. The van der Waals surface area contributed by atoms with Crippen molar-refractivity contribution in [2.24, 2.45) is 0 Å². The molecule has 0 unspecified atom stereocenters. The Morgan fingerprint density at radius 3 is 2.48 bits per heavy atom. The Bertz CT molecular complexity index is 959. The summed E-state index contributed by atoms with van der Waals surface area (Å²) in [4.78, 5) is 38.3. The highest BCUT2D eigenvalue weighted by molar-refractivity contribution is 5.92. The molecule has 0 saturated carbocycles. The number of aryl methyl sites for hydroxylation is 1. The molecule has 0 bridgehead atoms. The highest BCUT2D eigenvalue weighted by Gasteiger charge is 2.24. The number of aromatic nitrogens is 5. The predicted octanol–water partition coefficient (Wildman–Crippen LogP) is 1.54. The van der Waals surface area contributed by atoms with E-state index >= 15 is 0 Å². The minimum Gasteiger partial charge on any atom is -0.350 e. The van der Waals surface area contributed by atoms with Gasteiger partial charge in [0.2, 0.25) is 11.9 Å². The lowest BCUT2D eigenvalue weighted by atomic mass is 10.2. The molecule has 1 amide bonds. The van der Waals surface area contributed by atoms with Crippen molar-refractivity contribution >= 4 is 17.8 Å². The number of rotatable bonds is 5. The van der Waals surface area contributed by atoms with E-state index in [2.05, 4.69) is 35.1 Å². The third-order valence-electron chi connectivity index (χ3n) is 4.68. The number of pyridine rings is 1. The van der Waals surface area contributed by atoms with Crippen LogP contribution in [0, 0.1) is 6.92 Å². The maximum atomic E-state index is 13.0. The van der Waals surface area contributed by atoms with Crippen LogP contribution in [-0.2, 0) is 6.54 Å². The van der Waals surface area contributed by atoms with Gasteiger partial charge in [0.25, 0.3) is 5.91 Å². The van der Waals surface area contributed by atoms with Crippen LogP contribution < -0.4 is 10.2 Å². The summed E-state index contributed by atoms with van der Waals surface area (Å²) in [6, 6.07) is 7.36. The number of nitrogens with one attached hydrogen (secondary N) is 1. The standard InChI is InChI=1S/C20H22N8O/c1-15-13-17(26-19(25-15)24-14-16-3-7-21-8-4-16)18(29)27-9-11-28(12-10-27)20-22-5-2-6-23-20/h2-8,13H,9-12,14H2,1H3,(H,24,25,26). The van der Waals surface area contributed by atoms with Gasteiger partial charge in [-0.3, -0.25) is 9.78 Å².